The third kappa shape index (κ3) is 5.53. The molecule has 1 aliphatic heterocycles. The van der Waals surface area contributed by atoms with E-state index in [2.05, 4.69) is 5.32 Å². The molecule has 6 heteroatoms. The van der Waals surface area contributed by atoms with Crippen molar-refractivity contribution in [2.45, 2.75) is 77.6 Å². The van der Waals surface area contributed by atoms with E-state index in [0.717, 1.165) is 19.3 Å². The van der Waals surface area contributed by atoms with Crippen molar-refractivity contribution in [3.8, 4) is 0 Å². The molecular formula is C15H28N2O4. The maximum atomic E-state index is 12.3. The molecule has 1 rings (SSSR count). The average molecular weight is 300 g/mol. The van der Waals surface area contributed by atoms with E-state index in [4.69, 9.17) is 9.84 Å². The molecule has 3 unspecified atom stereocenters. The van der Waals surface area contributed by atoms with Crippen LogP contribution in [-0.2, 0) is 9.53 Å². The van der Waals surface area contributed by atoms with Gasteiger partial charge in [0, 0.05) is 12.6 Å². The number of carboxylic acids is 1. The van der Waals surface area contributed by atoms with Crippen LogP contribution in [0.5, 0.6) is 0 Å². The summed E-state index contributed by atoms with van der Waals surface area (Å²) in [4.78, 5) is 25.0. The molecule has 0 aromatic heterocycles. The number of likely N-dealkylation sites (tertiary alicyclic amines) is 1. The van der Waals surface area contributed by atoms with Gasteiger partial charge in [0.25, 0.3) is 0 Å². The molecule has 1 amide bonds. The van der Waals surface area contributed by atoms with Crippen molar-refractivity contribution in [1.82, 2.24) is 10.2 Å². The van der Waals surface area contributed by atoms with Crippen molar-refractivity contribution in [1.29, 1.82) is 0 Å². The van der Waals surface area contributed by atoms with Crippen LogP contribution in [-0.4, -0.2) is 52.3 Å². The van der Waals surface area contributed by atoms with Crippen molar-refractivity contribution in [3.63, 3.8) is 0 Å². The Morgan fingerprint density at radius 2 is 1.90 bits per heavy atom. The van der Waals surface area contributed by atoms with E-state index in [1.165, 1.54) is 0 Å². The molecule has 0 radical (unpaired) electrons. The molecule has 1 saturated heterocycles. The fourth-order valence-electron chi connectivity index (χ4n) is 2.60. The molecule has 0 aromatic rings. The monoisotopic (exact) mass is 300 g/mol. The zero-order valence-electron chi connectivity index (χ0n) is 13.7. The molecule has 1 aliphatic rings. The number of aliphatic carboxylic acids is 1. The van der Waals surface area contributed by atoms with Gasteiger partial charge in [-0.15, -0.1) is 0 Å². The van der Waals surface area contributed by atoms with Gasteiger partial charge in [0.2, 0.25) is 0 Å². The molecule has 3 atom stereocenters. The standard InChI is InChI=1S/C15H28N2O4/c1-10(16-11(2)13(18)19)12-8-6-7-9-17(12)14(20)21-15(3,4)5/h10-12,16H,6-9H2,1-5H3,(H,18,19). The van der Waals surface area contributed by atoms with Crippen LogP contribution < -0.4 is 5.32 Å². The number of carbonyl (C=O) groups is 2. The number of nitrogens with one attached hydrogen (secondary N) is 1. The van der Waals surface area contributed by atoms with Crippen LogP contribution >= 0.6 is 0 Å². The van der Waals surface area contributed by atoms with E-state index in [-0.39, 0.29) is 18.2 Å². The number of piperidine rings is 1. The van der Waals surface area contributed by atoms with Gasteiger partial charge in [0.15, 0.2) is 0 Å². The summed E-state index contributed by atoms with van der Waals surface area (Å²) in [5, 5.41) is 12.0. The number of carbonyl (C=O) groups excluding carboxylic acids is 1. The lowest BCUT2D eigenvalue weighted by atomic mass is 9.96. The Hall–Kier alpha value is -1.30. The van der Waals surface area contributed by atoms with Crippen molar-refractivity contribution < 1.29 is 19.4 Å². The van der Waals surface area contributed by atoms with Crippen LogP contribution in [0.3, 0.4) is 0 Å². The quantitative estimate of drug-likeness (QED) is 0.832. The normalized spacial score (nSPS) is 22.5. The molecular weight excluding hydrogens is 272 g/mol. The summed E-state index contributed by atoms with van der Waals surface area (Å²) < 4.78 is 5.45. The van der Waals surface area contributed by atoms with Crippen molar-refractivity contribution in [3.05, 3.63) is 0 Å². The number of ether oxygens (including phenoxy) is 1. The molecule has 6 nitrogen and oxygen atoms in total. The zero-order chi connectivity index (χ0) is 16.2. The first-order valence-electron chi connectivity index (χ1n) is 7.60. The van der Waals surface area contributed by atoms with E-state index >= 15 is 0 Å². The number of hydrogen-bond acceptors (Lipinski definition) is 4. The predicted octanol–water partition coefficient (Wildman–Crippen LogP) is 2.23. The summed E-state index contributed by atoms with van der Waals surface area (Å²) >= 11 is 0. The Kier molecular flexibility index (Phi) is 6.01. The summed E-state index contributed by atoms with van der Waals surface area (Å²) in [5.41, 5.74) is -0.524. The second-order valence-electron chi connectivity index (χ2n) is 6.75. The highest BCUT2D eigenvalue weighted by atomic mass is 16.6. The van der Waals surface area contributed by atoms with E-state index in [1.54, 1.807) is 11.8 Å². The first-order chi connectivity index (χ1) is 9.61. The fourth-order valence-corrected chi connectivity index (χ4v) is 2.60. The first kappa shape index (κ1) is 17.8. The summed E-state index contributed by atoms with van der Waals surface area (Å²) in [6, 6.07) is -0.762. The Labute approximate surface area is 126 Å². The van der Waals surface area contributed by atoms with Crippen LogP contribution in [0.15, 0.2) is 0 Å². The molecule has 1 heterocycles. The van der Waals surface area contributed by atoms with Crippen molar-refractivity contribution in [2.24, 2.45) is 0 Å². The molecule has 21 heavy (non-hydrogen) atoms. The topological polar surface area (TPSA) is 78.9 Å². The second kappa shape index (κ2) is 7.11. The van der Waals surface area contributed by atoms with Gasteiger partial charge >= 0.3 is 12.1 Å². The van der Waals surface area contributed by atoms with Crippen molar-refractivity contribution >= 4 is 12.1 Å². The van der Waals surface area contributed by atoms with Crippen LogP contribution in [0, 0.1) is 0 Å². The highest BCUT2D eigenvalue weighted by molar-refractivity contribution is 5.73. The highest BCUT2D eigenvalue weighted by Crippen LogP contribution is 2.22. The molecule has 1 fully saturated rings. The number of nitrogens with zero attached hydrogens (tertiary/aromatic N) is 1. The summed E-state index contributed by atoms with van der Waals surface area (Å²) in [5.74, 6) is -0.888. The van der Waals surface area contributed by atoms with Gasteiger partial charge in [0.1, 0.15) is 11.6 Å². The molecule has 0 bridgehead atoms. The van der Waals surface area contributed by atoms with Gasteiger partial charge in [-0.1, -0.05) is 0 Å². The third-order valence-electron chi connectivity index (χ3n) is 3.64. The van der Waals surface area contributed by atoms with E-state index in [0.29, 0.717) is 6.54 Å². The van der Waals surface area contributed by atoms with Gasteiger partial charge < -0.3 is 20.1 Å². The lowest BCUT2D eigenvalue weighted by Crippen LogP contribution is -2.56. The van der Waals surface area contributed by atoms with Crippen LogP contribution in [0.25, 0.3) is 0 Å². The first-order valence-corrected chi connectivity index (χ1v) is 7.60. The Balaban J connectivity index is 2.72. The Bertz CT molecular complexity index is 378. The van der Waals surface area contributed by atoms with Crippen molar-refractivity contribution in [2.75, 3.05) is 6.54 Å². The predicted molar refractivity (Wildman–Crippen MR) is 80.3 cm³/mol. The molecule has 122 valence electrons. The summed E-state index contributed by atoms with van der Waals surface area (Å²) in [6.07, 6.45) is 2.54. The number of amides is 1. The number of rotatable bonds is 4. The molecule has 2 N–H and O–H groups in total. The van der Waals surface area contributed by atoms with Gasteiger partial charge in [-0.2, -0.15) is 0 Å². The van der Waals surface area contributed by atoms with Crippen LogP contribution in [0.1, 0.15) is 53.9 Å². The van der Waals surface area contributed by atoms with Gasteiger partial charge in [-0.3, -0.25) is 4.79 Å². The van der Waals surface area contributed by atoms with Gasteiger partial charge in [0.05, 0.1) is 6.04 Å². The number of hydrogen-bond donors (Lipinski definition) is 2. The smallest absolute Gasteiger partial charge is 0.410 e. The lowest BCUT2D eigenvalue weighted by molar-refractivity contribution is -0.139. The molecule has 0 aromatic carbocycles. The average Bonchev–Trinajstić information content (AvgIpc) is 2.36. The minimum Gasteiger partial charge on any atom is -0.480 e. The van der Waals surface area contributed by atoms with Crippen LogP contribution in [0.2, 0.25) is 0 Å². The van der Waals surface area contributed by atoms with E-state index in [1.807, 2.05) is 27.7 Å². The van der Waals surface area contributed by atoms with E-state index < -0.39 is 17.6 Å². The summed E-state index contributed by atoms with van der Waals surface area (Å²) in [7, 11) is 0. The largest absolute Gasteiger partial charge is 0.480 e. The highest BCUT2D eigenvalue weighted by Gasteiger charge is 2.34. The number of carboxylic acid groups (broad SMARTS) is 1. The summed E-state index contributed by atoms with van der Waals surface area (Å²) in [6.45, 7) is 9.73. The third-order valence-corrected chi connectivity index (χ3v) is 3.64. The molecule has 0 saturated carbocycles. The second-order valence-corrected chi connectivity index (χ2v) is 6.75. The SMILES string of the molecule is CC(NC(C)C1CCCCN1C(=O)OC(C)(C)C)C(=O)O. The molecule has 0 aliphatic carbocycles. The van der Waals surface area contributed by atoms with Gasteiger partial charge in [-0.25, -0.2) is 4.79 Å². The minimum atomic E-state index is -0.888. The molecule has 0 spiro atoms. The minimum absolute atomic E-state index is 0.0320. The van der Waals surface area contributed by atoms with E-state index in [9.17, 15) is 9.59 Å². The Morgan fingerprint density at radius 3 is 2.43 bits per heavy atom. The van der Waals surface area contributed by atoms with Gasteiger partial charge in [-0.05, 0) is 53.9 Å². The maximum absolute atomic E-state index is 12.3. The maximum Gasteiger partial charge on any atom is 0.410 e. The Morgan fingerprint density at radius 1 is 1.29 bits per heavy atom. The zero-order valence-corrected chi connectivity index (χ0v) is 13.7. The fraction of sp³-hybridized carbons (Fsp3) is 0.867. The lowest BCUT2D eigenvalue weighted by Gasteiger charge is -2.40. The van der Waals surface area contributed by atoms with Crippen LogP contribution in [0.4, 0.5) is 4.79 Å².